The van der Waals surface area contributed by atoms with Gasteiger partial charge in [0.2, 0.25) is 11.8 Å². The summed E-state index contributed by atoms with van der Waals surface area (Å²) in [6, 6.07) is 22.4. The van der Waals surface area contributed by atoms with E-state index in [0.29, 0.717) is 6.54 Å². The maximum Gasteiger partial charge on any atom is 0.247 e. The van der Waals surface area contributed by atoms with E-state index in [-0.39, 0.29) is 30.4 Å². The van der Waals surface area contributed by atoms with E-state index < -0.39 is 0 Å². The van der Waals surface area contributed by atoms with E-state index in [4.69, 9.17) is 0 Å². The van der Waals surface area contributed by atoms with E-state index in [9.17, 15) is 9.59 Å². The van der Waals surface area contributed by atoms with Gasteiger partial charge in [-0.3, -0.25) is 9.59 Å². The smallest absolute Gasteiger partial charge is 0.247 e. The Labute approximate surface area is 235 Å². The van der Waals surface area contributed by atoms with Crippen LogP contribution < -0.4 is 0 Å². The molecule has 3 aromatic rings. The Kier molecular flexibility index (Phi) is 9.99. The zero-order valence-corrected chi connectivity index (χ0v) is 24.0. The summed E-state index contributed by atoms with van der Waals surface area (Å²) < 4.78 is 3.28. The van der Waals surface area contributed by atoms with Crippen molar-refractivity contribution >= 4 is 33.8 Å². The molecule has 200 valence electrons. The Morgan fingerprint density at radius 1 is 0.974 bits per heavy atom. The molecule has 38 heavy (non-hydrogen) atoms. The third-order valence-electron chi connectivity index (χ3n) is 7.29. The average molecular weight is 577 g/mol. The van der Waals surface area contributed by atoms with Crippen LogP contribution in [0.1, 0.15) is 62.8 Å². The monoisotopic (exact) mass is 575 g/mol. The van der Waals surface area contributed by atoms with Gasteiger partial charge in [-0.15, -0.1) is 0 Å². The number of nitrogens with zero attached hydrogens (tertiary/aromatic N) is 3. The molecule has 0 N–H and O–H groups in total. The van der Waals surface area contributed by atoms with Crippen molar-refractivity contribution in [1.82, 2.24) is 14.4 Å². The number of hydrogen-bond donors (Lipinski definition) is 0. The minimum absolute atomic E-state index is 0.0171. The molecule has 0 spiro atoms. The van der Waals surface area contributed by atoms with Gasteiger partial charge in [-0.1, -0.05) is 77.7 Å². The minimum Gasteiger partial charge on any atom is -0.345 e. The van der Waals surface area contributed by atoms with E-state index in [1.165, 1.54) is 12.0 Å². The first-order chi connectivity index (χ1) is 18.4. The lowest BCUT2D eigenvalue weighted by Gasteiger charge is -2.36. The van der Waals surface area contributed by atoms with Crippen molar-refractivity contribution in [2.45, 2.75) is 71.1 Å². The van der Waals surface area contributed by atoms with Gasteiger partial charge in [-0.25, -0.2) is 0 Å². The predicted octanol–water partition coefficient (Wildman–Crippen LogP) is 6.91. The molecule has 1 heterocycles. The number of aromatic nitrogens is 1. The molecule has 5 nitrogen and oxygen atoms in total. The van der Waals surface area contributed by atoms with Crippen LogP contribution in [0.3, 0.4) is 0 Å². The number of carbonyl (C=O) groups excluding carboxylic acids is 2. The summed E-state index contributed by atoms with van der Waals surface area (Å²) in [4.78, 5) is 30.7. The molecule has 1 fully saturated rings. The summed E-state index contributed by atoms with van der Waals surface area (Å²) in [5, 5.41) is 0. The summed E-state index contributed by atoms with van der Waals surface area (Å²) in [6.07, 6.45) is 11.0. The Balaban J connectivity index is 1.51. The Morgan fingerprint density at radius 2 is 1.68 bits per heavy atom. The molecule has 1 saturated carbocycles. The van der Waals surface area contributed by atoms with Crippen molar-refractivity contribution in [3.63, 3.8) is 0 Å². The molecule has 0 atom stereocenters. The van der Waals surface area contributed by atoms with Gasteiger partial charge in [0, 0.05) is 41.1 Å². The van der Waals surface area contributed by atoms with E-state index >= 15 is 0 Å². The van der Waals surface area contributed by atoms with Crippen LogP contribution in [-0.4, -0.2) is 44.8 Å². The van der Waals surface area contributed by atoms with Gasteiger partial charge in [0.25, 0.3) is 0 Å². The fourth-order valence-corrected chi connectivity index (χ4v) is 5.37. The number of carbonyl (C=O) groups is 2. The molecule has 0 saturated heterocycles. The molecule has 0 radical (unpaired) electrons. The van der Waals surface area contributed by atoms with Gasteiger partial charge >= 0.3 is 0 Å². The molecule has 1 aliphatic rings. The lowest BCUT2D eigenvalue weighted by molar-refractivity contribution is -0.142. The standard InChI is InChI=1S/C32H38BrN3O2/c1-25(2)35(31(37)20-17-26-10-5-3-6-11-26)24-32(38)36(29-12-7-4-8-13-29)23-30-14-9-21-34(30)22-27-15-18-28(33)19-16-27/h3,5-6,9-11,14-21,25,29H,4,7-8,12-13,22-24H2,1-2H3. The van der Waals surface area contributed by atoms with Crippen LogP contribution in [0.2, 0.25) is 0 Å². The molecular weight excluding hydrogens is 538 g/mol. The molecular formula is C32H38BrN3O2. The normalized spacial score (nSPS) is 14.2. The average Bonchev–Trinajstić information content (AvgIpc) is 3.37. The number of benzene rings is 2. The van der Waals surface area contributed by atoms with Crippen molar-refractivity contribution in [2.24, 2.45) is 0 Å². The second-order valence-electron chi connectivity index (χ2n) is 10.4. The predicted molar refractivity (Wildman–Crippen MR) is 157 cm³/mol. The topological polar surface area (TPSA) is 45.6 Å². The van der Waals surface area contributed by atoms with Gasteiger partial charge < -0.3 is 14.4 Å². The minimum atomic E-state index is -0.139. The third-order valence-corrected chi connectivity index (χ3v) is 7.82. The summed E-state index contributed by atoms with van der Waals surface area (Å²) in [5.41, 5.74) is 3.28. The molecule has 6 heteroatoms. The number of rotatable bonds is 10. The quantitative estimate of drug-likeness (QED) is 0.246. The van der Waals surface area contributed by atoms with Gasteiger partial charge in [0.15, 0.2) is 0 Å². The highest BCUT2D eigenvalue weighted by molar-refractivity contribution is 9.10. The molecule has 0 aliphatic heterocycles. The maximum atomic E-state index is 13.9. The third kappa shape index (κ3) is 7.70. The van der Waals surface area contributed by atoms with E-state index in [1.807, 2.05) is 55.2 Å². The zero-order valence-electron chi connectivity index (χ0n) is 22.4. The van der Waals surface area contributed by atoms with Crippen molar-refractivity contribution in [3.05, 3.63) is 100 Å². The first-order valence-electron chi connectivity index (χ1n) is 13.6. The highest BCUT2D eigenvalue weighted by Crippen LogP contribution is 2.25. The largest absolute Gasteiger partial charge is 0.345 e. The van der Waals surface area contributed by atoms with E-state index in [0.717, 1.165) is 48.0 Å². The zero-order chi connectivity index (χ0) is 26.9. The first-order valence-corrected chi connectivity index (χ1v) is 14.4. The maximum absolute atomic E-state index is 13.9. The van der Waals surface area contributed by atoms with Crippen LogP contribution in [-0.2, 0) is 22.7 Å². The number of hydrogen-bond acceptors (Lipinski definition) is 2. The Hall–Kier alpha value is -3.12. The number of amides is 2. The lowest BCUT2D eigenvalue weighted by Crippen LogP contribution is -2.49. The molecule has 2 aromatic carbocycles. The molecule has 2 amide bonds. The van der Waals surface area contributed by atoms with Gasteiger partial charge in [0.1, 0.15) is 6.54 Å². The molecule has 1 aliphatic carbocycles. The highest BCUT2D eigenvalue weighted by atomic mass is 79.9. The van der Waals surface area contributed by atoms with Crippen LogP contribution in [0.25, 0.3) is 6.08 Å². The van der Waals surface area contributed by atoms with Crippen molar-refractivity contribution in [3.8, 4) is 0 Å². The van der Waals surface area contributed by atoms with Gasteiger partial charge in [0.05, 0.1) is 6.54 Å². The fourth-order valence-electron chi connectivity index (χ4n) is 5.10. The van der Waals surface area contributed by atoms with Crippen LogP contribution in [0, 0.1) is 0 Å². The Morgan fingerprint density at radius 3 is 2.37 bits per heavy atom. The van der Waals surface area contributed by atoms with Crippen molar-refractivity contribution < 1.29 is 9.59 Å². The Bertz CT molecular complexity index is 1210. The second-order valence-corrected chi connectivity index (χ2v) is 11.3. The van der Waals surface area contributed by atoms with Crippen molar-refractivity contribution in [2.75, 3.05) is 6.54 Å². The van der Waals surface area contributed by atoms with Crippen LogP contribution in [0.5, 0.6) is 0 Å². The molecule has 0 unspecified atom stereocenters. The summed E-state index contributed by atoms with van der Waals surface area (Å²) in [7, 11) is 0. The van der Waals surface area contributed by atoms with Crippen LogP contribution in [0.15, 0.2) is 83.5 Å². The SMILES string of the molecule is CC(C)N(CC(=O)N(Cc1cccn1Cc1ccc(Br)cc1)C1CCCCC1)C(=O)C=Cc1ccccc1. The molecule has 1 aromatic heterocycles. The summed E-state index contributed by atoms with van der Waals surface area (Å²) >= 11 is 3.51. The van der Waals surface area contributed by atoms with Crippen molar-refractivity contribution in [1.29, 1.82) is 0 Å². The number of halogens is 1. The fraction of sp³-hybridized carbons (Fsp3) is 0.375. The van der Waals surface area contributed by atoms with Gasteiger partial charge in [-0.2, -0.15) is 0 Å². The second kappa shape index (κ2) is 13.6. The van der Waals surface area contributed by atoms with Crippen LogP contribution in [0.4, 0.5) is 0 Å². The molecule has 4 rings (SSSR count). The highest BCUT2D eigenvalue weighted by Gasteiger charge is 2.29. The van der Waals surface area contributed by atoms with E-state index in [2.05, 4.69) is 63.1 Å². The first kappa shape index (κ1) is 27.9. The lowest BCUT2D eigenvalue weighted by atomic mass is 9.94. The molecule has 0 bridgehead atoms. The van der Waals surface area contributed by atoms with E-state index in [1.54, 1.807) is 11.0 Å². The van der Waals surface area contributed by atoms with Crippen LogP contribution >= 0.6 is 15.9 Å². The van der Waals surface area contributed by atoms with Gasteiger partial charge in [-0.05, 0) is 68.2 Å². The summed E-state index contributed by atoms with van der Waals surface area (Å²) in [5.74, 6) is -0.122. The summed E-state index contributed by atoms with van der Waals surface area (Å²) in [6.45, 7) is 5.32.